The van der Waals surface area contributed by atoms with E-state index in [9.17, 15) is 18.0 Å². The van der Waals surface area contributed by atoms with E-state index in [0.29, 0.717) is 30.4 Å². The summed E-state index contributed by atoms with van der Waals surface area (Å²) in [4.78, 5) is 19.7. The molecule has 0 aromatic heterocycles. The van der Waals surface area contributed by atoms with Crippen molar-refractivity contribution >= 4 is 40.7 Å². The van der Waals surface area contributed by atoms with Gasteiger partial charge in [-0.15, -0.1) is 0 Å². The molecule has 2 aliphatic heterocycles. The number of hydrogen-bond donors (Lipinski definition) is 0. The first-order valence-corrected chi connectivity index (χ1v) is 7.39. The minimum atomic E-state index is -4.94. The molecule has 0 bridgehead atoms. The van der Waals surface area contributed by atoms with E-state index in [1.165, 1.54) is 0 Å². The van der Waals surface area contributed by atoms with Crippen LogP contribution in [-0.4, -0.2) is 47.2 Å². The first-order chi connectivity index (χ1) is 9.86. The fraction of sp³-hybridized carbons (Fsp3) is 0.417. The lowest BCUT2D eigenvalue weighted by Gasteiger charge is -2.18. The molecule has 0 aliphatic carbocycles. The lowest BCUT2D eigenvalue weighted by Crippen LogP contribution is -2.30. The van der Waals surface area contributed by atoms with Crippen LogP contribution in [0.25, 0.3) is 0 Å². The Morgan fingerprint density at radius 2 is 2.24 bits per heavy atom. The van der Waals surface area contributed by atoms with Gasteiger partial charge in [-0.3, -0.25) is 4.79 Å². The number of nitrogens with zero attached hydrogens (tertiary/aromatic N) is 3. The molecule has 0 saturated carbocycles. The molecule has 2 aliphatic rings. The highest BCUT2D eigenvalue weighted by Gasteiger charge is 2.39. The van der Waals surface area contributed by atoms with Gasteiger partial charge in [0.15, 0.2) is 5.17 Å². The van der Waals surface area contributed by atoms with Gasteiger partial charge in [0, 0.05) is 25.1 Å². The second-order valence-corrected chi connectivity index (χ2v) is 5.72. The molecule has 2 rings (SSSR count). The molecular formula is C12H11ClF3N3OS. The molecule has 4 nitrogen and oxygen atoms in total. The SMILES string of the molecule is O=C(N=C1SCCN1CC1=CCC=C(Cl)N=C1)C(F)(F)F. The smallest absolute Gasteiger partial charge is 0.346 e. The lowest BCUT2D eigenvalue weighted by atomic mass is 10.2. The van der Waals surface area contributed by atoms with Crippen molar-refractivity contribution in [3.8, 4) is 0 Å². The Labute approximate surface area is 128 Å². The van der Waals surface area contributed by atoms with Crippen LogP contribution < -0.4 is 0 Å². The van der Waals surface area contributed by atoms with Crippen molar-refractivity contribution in [2.24, 2.45) is 9.98 Å². The zero-order valence-electron chi connectivity index (χ0n) is 10.7. The third kappa shape index (κ3) is 4.60. The molecular weight excluding hydrogens is 327 g/mol. The number of carbonyl (C=O) groups is 1. The number of amidine groups is 1. The van der Waals surface area contributed by atoms with Crippen LogP contribution in [0.15, 0.2) is 32.9 Å². The molecule has 1 saturated heterocycles. The van der Waals surface area contributed by atoms with Gasteiger partial charge in [0.2, 0.25) is 0 Å². The van der Waals surface area contributed by atoms with Crippen LogP contribution in [-0.2, 0) is 4.79 Å². The summed E-state index contributed by atoms with van der Waals surface area (Å²) in [5, 5.41) is 0.466. The topological polar surface area (TPSA) is 45.0 Å². The van der Waals surface area contributed by atoms with E-state index in [4.69, 9.17) is 11.6 Å². The maximum Gasteiger partial charge on any atom is 0.473 e. The van der Waals surface area contributed by atoms with Crippen LogP contribution in [0, 0.1) is 0 Å². The molecule has 0 radical (unpaired) electrons. The maximum absolute atomic E-state index is 12.2. The van der Waals surface area contributed by atoms with E-state index in [2.05, 4.69) is 9.98 Å². The molecule has 21 heavy (non-hydrogen) atoms. The molecule has 0 aromatic carbocycles. The first kappa shape index (κ1) is 16.1. The predicted molar refractivity (Wildman–Crippen MR) is 77.7 cm³/mol. The predicted octanol–water partition coefficient (Wildman–Crippen LogP) is 2.96. The van der Waals surface area contributed by atoms with Gasteiger partial charge in [-0.2, -0.15) is 18.2 Å². The Morgan fingerprint density at radius 1 is 1.48 bits per heavy atom. The first-order valence-electron chi connectivity index (χ1n) is 6.02. The van der Waals surface area contributed by atoms with E-state index in [-0.39, 0.29) is 5.17 Å². The van der Waals surface area contributed by atoms with E-state index >= 15 is 0 Å². The molecule has 9 heteroatoms. The van der Waals surface area contributed by atoms with Crippen molar-refractivity contribution < 1.29 is 18.0 Å². The Kier molecular flexibility index (Phi) is 5.10. The maximum atomic E-state index is 12.2. The average Bonchev–Trinajstić information content (AvgIpc) is 2.71. The van der Waals surface area contributed by atoms with Gasteiger partial charge in [0.05, 0.1) is 0 Å². The summed E-state index contributed by atoms with van der Waals surface area (Å²) in [5.74, 6) is -1.49. The minimum Gasteiger partial charge on any atom is -0.346 e. The van der Waals surface area contributed by atoms with Gasteiger partial charge in [-0.25, -0.2) is 4.99 Å². The van der Waals surface area contributed by atoms with Crippen LogP contribution >= 0.6 is 23.4 Å². The number of halogens is 4. The van der Waals surface area contributed by atoms with Crippen LogP contribution in [0.4, 0.5) is 13.2 Å². The highest BCUT2D eigenvalue weighted by molar-refractivity contribution is 8.14. The van der Waals surface area contributed by atoms with Gasteiger partial charge >= 0.3 is 12.1 Å². The summed E-state index contributed by atoms with van der Waals surface area (Å²) in [6, 6.07) is 0. The molecule has 1 amide bonds. The summed E-state index contributed by atoms with van der Waals surface area (Å²) < 4.78 is 36.7. The van der Waals surface area contributed by atoms with Crippen LogP contribution in [0.1, 0.15) is 6.42 Å². The fourth-order valence-electron chi connectivity index (χ4n) is 1.72. The zero-order valence-corrected chi connectivity index (χ0v) is 12.3. The largest absolute Gasteiger partial charge is 0.473 e. The highest BCUT2D eigenvalue weighted by atomic mass is 35.5. The fourth-order valence-corrected chi connectivity index (χ4v) is 2.84. The Balaban J connectivity index is 2.06. The standard InChI is InChI=1S/C12H11ClF3N3OS/c13-9-3-1-2-8(6-17-9)7-19-4-5-21-11(19)18-10(20)12(14,15)16/h2-3,6H,1,4-5,7H2. The van der Waals surface area contributed by atoms with Crippen molar-refractivity contribution in [3.63, 3.8) is 0 Å². The quantitative estimate of drug-likeness (QED) is 0.728. The van der Waals surface area contributed by atoms with Gasteiger partial charge < -0.3 is 4.90 Å². The minimum absolute atomic E-state index is 0.0925. The third-order valence-electron chi connectivity index (χ3n) is 2.70. The van der Waals surface area contributed by atoms with Crippen molar-refractivity contribution in [1.82, 2.24) is 4.90 Å². The van der Waals surface area contributed by atoms with E-state index in [1.807, 2.05) is 6.08 Å². The molecule has 0 atom stereocenters. The van der Waals surface area contributed by atoms with Crippen molar-refractivity contribution in [2.45, 2.75) is 12.6 Å². The van der Waals surface area contributed by atoms with E-state index in [1.54, 1.807) is 17.2 Å². The number of carbonyl (C=O) groups excluding carboxylic acids is 1. The molecule has 0 N–H and O–H groups in total. The van der Waals surface area contributed by atoms with Crippen LogP contribution in [0.5, 0.6) is 0 Å². The summed E-state index contributed by atoms with van der Waals surface area (Å²) in [5.41, 5.74) is 0.816. The van der Waals surface area contributed by atoms with Gasteiger partial charge in [-0.1, -0.05) is 29.4 Å². The number of rotatable bonds is 2. The lowest BCUT2D eigenvalue weighted by molar-refractivity contribution is -0.169. The van der Waals surface area contributed by atoms with Crippen LogP contribution in [0.3, 0.4) is 0 Å². The second kappa shape index (κ2) is 6.65. The third-order valence-corrected chi connectivity index (χ3v) is 3.94. The number of alkyl halides is 3. The average molecular weight is 338 g/mol. The normalized spacial score (nSPS) is 21.3. The van der Waals surface area contributed by atoms with Crippen molar-refractivity contribution in [3.05, 3.63) is 22.9 Å². The Bertz CT molecular complexity index is 554. The molecule has 1 fully saturated rings. The summed E-state index contributed by atoms with van der Waals surface area (Å²) in [7, 11) is 0. The van der Waals surface area contributed by atoms with Crippen molar-refractivity contribution in [1.29, 1.82) is 0 Å². The van der Waals surface area contributed by atoms with Gasteiger partial charge in [0.1, 0.15) is 5.16 Å². The molecule has 0 unspecified atom stereocenters. The van der Waals surface area contributed by atoms with Gasteiger partial charge in [-0.05, 0) is 18.1 Å². The summed E-state index contributed by atoms with van der Waals surface area (Å²) in [6.07, 6.45) is 0.834. The zero-order chi connectivity index (χ0) is 15.5. The highest BCUT2D eigenvalue weighted by Crippen LogP contribution is 2.23. The number of allylic oxidation sites excluding steroid dienone is 2. The molecule has 114 valence electrons. The van der Waals surface area contributed by atoms with E-state index < -0.39 is 12.1 Å². The summed E-state index contributed by atoms with van der Waals surface area (Å²) in [6.45, 7) is 0.874. The molecule has 2 heterocycles. The number of hydrogen-bond acceptors (Lipinski definition) is 3. The Hall–Kier alpha value is -1.28. The van der Waals surface area contributed by atoms with Gasteiger partial charge in [0.25, 0.3) is 0 Å². The monoisotopic (exact) mass is 337 g/mol. The second-order valence-electron chi connectivity index (χ2n) is 4.27. The summed E-state index contributed by atoms with van der Waals surface area (Å²) >= 11 is 6.90. The van der Waals surface area contributed by atoms with E-state index in [0.717, 1.165) is 17.3 Å². The number of amides is 1. The van der Waals surface area contributed by atoms with Crippen molar-refractivity contribution in [2.75, 3.05) is 18.8 Å². The molecule has 0 aromatic rings. The Morgan fingerprint density at radius 3 is 2.95 bits per heavy atom. The van der Waals surface area contributed by atoms with Crippen LogP contribution in [0.2, 0.25) is 0 Å². The number of aliphatic imine (C=N–C) groups is 2. The number of thioether (sulfide) groups is 1. The molecule has 0 spiro atoms.